The van der Waals surface area contributed by atoms with Crippen LogP contribution in [0.25, 0.3) is 0 Å². The Hall–Kier alpha value is -0.540. The van der Waals surface area contributed by atoms with Gasteiger partial charge < -0.3 is 10.2 Å². The van der Waals surface area contributed by atoms with Gasteiger partial charge in [-0.3, -0.25) is 0 Å². The van der Waals surface area contributed by atoms with Crippen LogP contribution in [0.5, 0.6) is 0 Å². The number of rotatable bonds is 4. The molecule has 100 valence electrons. The smallest absolute Gasteiger partial charge is 0.0377 e. The normalized spacial score (nSPS) is 24.3. The molecule has 0 radical (unpaired) electrons. The summed E-state index contributed by atoms with van der Waals surface area (Å²) in [5.41, 5.74) is 1.34. The van der Waals surface area contributed by atoms with Crippen molar-refractivity contribution in [2.45, 2.75) is 32.7 Å². The van der Waals surface area contributed by atoms with Gasteiger partial charge in [0, 0.05) is 29.3 Å². The van der Waals surface area contributed by atoms with Crippen LogP contribution in [0.3, 0.4) is 0 Å². The third kappa shape index (κ3) is 3.48. The minimum Gasteiger partial charge on any atom is -0.371 e. The van der Waals surface area contributed by atoms with Gasteiger partial charge in [-0.05, 0) is 43.5 Å². The molecule has 0 spiro atoms. The Bertz CT molecular complexity index is 381. The molecule has 0 saturated carbocycles. The molecule has 1 aromatic rings. The van der Waals surface area contributed by atoms with Crippen molar-refractivity contribution in [1.82, 2.24) is 5.32 Å². The molecule has 1 aromatic carbocycles. The highest BCUT2D eigenvalue weighted by atomic mass is 79.9. The molecule has 1 fully saturated rings. The van der Waals surface area contributed by atoms with Crippen molar-refractivity contribution in [3.05, 3.63) is 28.7 Å². The number of piperidine rings is 1. The van der Waals surface area contributed by atoms with Crippen LogP contribution >= 0.6 is 15.9 Å². The summed E-state index contributed by atoms with van der Waals surface area (Å²) in [5, 5.41) is 3.67. The number of nitrogens with one attached hydrogen (secondary N) is 1. The van der Waals surface area contributed by atoms with Crippen molar-refractivity contribution in [2.24, 2.45) is 5.92 Å². The van der Waals surface area contributed by atoms with E-state index < -0.39 is 0 Å². The third-order valence-corrected chi connectivity index (χ3v) is 4.23. The fourth-order valence-electron chi connectivity index (χ4n) is 2.69. The lowest BCUT2D eigenvalue weighted by Crippen LogP contribution is -2.48. The van der Waals surface area contributed by atoms with E-state index in [0.717, 1.165) is 19.6 Å². The van der Waals surface area contributed by atoms with E-state index in [9.17, 15) is 0 Å². The molecule has 1 N–H and O–H groups in total. The molecule has 0 aromatic heterocycles. The number of benzene rings is 1. The first-order chi connectivity index (χ1) is 8.70. The first-order valence-electron chi connectivity index (χ1n) is 6.94. The van der Waals surface area contributed by atoms with Crippen molar-refractivity contribution in [1.29, 1.82) is 0 Å². The lowest BCUT2D eigenvalue weighted by atomic mass is 9.93. The molecule has 2 unspecified atom stereocenters. The van der Waals surface area contributed by atoms with Gasteiger partial charge in [0.2, 0.25) is 0 Å². The van der Waals surface area contributed by atoms with Gasteiger partial charge in [0.05, 0.1) is 0 Å². The van der Waals surface area contributed by atoms with Crippen LogP contribution in [0.1, 0.15) is 26.7 Å². The molecule has 3 heteroatoms. The lowest BCUT2D eigenvalue weighted by Gasteiger charge is -2.38. The predicted octanol–water partition coefficient (Wildman–Crippen LogP) is 3.66. The summed E-state index contributed by atoms with van der Waals surface area (Å²) < 4.78 is 1.17. The summed E-state index contributed by atoms with van der Waals surface area (Å²) in [7, 11) is 0. The largest absolute Gasteiger partial charge is 0.371 e. The maximum atomic E-state index is 3.67. The maximum absolute atomic E-state index is 3.67. The van der Waals surface area contributed by atoms with E-state index in [1.807, 2.05) is 0 Å². The van der Waals surface area contributed by atoms with E-state index >= 15 is 0 Å². The van der Waals surface area contributed by atoms with Crippen molar-refractivity contribution in [2.75, 3.05) is 24.5 Å². The first kappa shape index (κ1) is 13.9. The first-order valence-corrected chi connectivity index (χ1v) is 7.74. The molecule has 1 heterocycles. The van der Waals surface area contributed by atoms with Gasteiger partial charge >= 0.3 is 0 Å². The van der Waals surface area contributed by atoms with Gasteiger partial charge in [0.15, 0.2) is 0 Å². The molecular formula is C15H23BrN2. The quantitative estimate of drug-likeness (QED) is 0.913. The predicted molar refractivity (Wildman–Crippen MR) is 82.2 cm³/mol. The molecule has 1 aliphatic heterocycles. The van der Waals surface area contributed by atoms with Crippen LogP contribution in [-0.4, -0.2) is 25.7 Å². The molecule has 0 bridgehead atoms. The minimum absolute atomic E-state index is 0.688. The Kier molecular flexibility index (Phi) is 5.07. The second-order valence-corrected chi connectivity index (χ2v) is 6.17. The van der Waals surface area contributed by atoms with Crippen molar-refractivity contribution >= 4 is 21.6 Å². The summed E-state index contributed by atoms with van der Waals surface area (Å²) in [5.74, 6) is 0.712. The number of nitrogens with zero attached hydrogens (tertiary/aromatic N) is 1. The zero-order valence-corrected chi connectivity index (χ0v) is 12.9. The Balaban J connectivity index is 1.95. The van der Waals surface area contributed by atoms with Crippen LogP contribution in [0.15, 0.2) is 28.7 Å². The highest BCUT2D eigenvalue weighted by Crippen LogP contribution is 2.25. The Morgan fingerprint density at radius 2 is 2.28 bits per heavy atom. The molecule has 0 aliphatic carbocycles. The number of anilines is 1. The fraction of sp³-hybridized carbons (Fsp3) is 0.600. The number of hydrogen-bond acceptors (Lipinski definition) is 2. The van der Waals surface area contributed by atoms with Crippen LogP contribution in [0, 0.1) is 5.92 Å². The lowest BCUT2D eigenvalue weighted by molar-refractivity contribution is 0.322. The monoisotopic (exact) mass is 310 g/mol. The zero-order valence-electron chi connectivity index (χ0n) is 11.3. The van der Waals surface area contributed by atoms with Gasteiger partial charge in [0.1, 0.15) is 0 Å². The van der Waals surface area contributed by atoms with Crippen LogP contribution in [0.2, 0.25) is 0 Å². The van der Waals surface area contributed by atoms with E-state index in [1.54, 1.807) is 0 Å². The molecule has 2 rings (SSSR count). The Labute approximate surface area is 119 Å². The van der Waals surface area contributed by atoms with Crippen molar-refractivity contribution < 1.29 is 0 Å². The van der Waals surface area contributed by atoms with Crippen LogP contribution in [0.4, 0.5) is 5.69 Å². The Morgan fingerprint density at radius 1 is 1.44 bits per heavy atom. The second kappa shape index (κ2) is 6.58. The van der Waals surface area contributed by atoms with E-state index in [1.165, 1.54) is 23.0 Å². The van der Waals surface area contributed by atoms with Crippen molar-refractivity contribution in [3.63, 3.8) is 0 Å². The highest BCUT2D eigenvalue weighted by Gasteiger charge is 2.25. The summed E-state index contributed by atoms with van der Waals surface area (Å²) in [6.07, 6.45) is 2.46. The topological polar surface area (TPSA) is 15.3 Å². The third-order valence-electron chi connectivity index (χ3n) is 3.74. The average molecular weight is 311 g/mol. The summed E-state index contributed by atoms with van der Waals surface area (Å²) in [4.78, 5) is 2.50. The summed E-state index contributed by atoms with van der Waals surface area (Å²) >= 11 is 3.55. The minimum atomic E-state index is 0.688. The van der Waals surface area contributed by atoms with E-state index in [0.29, 0.717) is 12.0 Å². The average Bonchev–Trinajstić information content (AvgIpc) is 2.37. The second-order valence-electron chi connectivity index (χ2n) is 5.25. The van der Waals surface area contributed by atoms with Gasteiger partial charge in [-0.2, -0.15) is 0 Å². The molecule has 2 atom stereocenters. The molecule has 0 amide bonds. The molecule has 1 aliphatic rings. The van der Waals surface area contributed by atoms with E-state index in [4.69, 9.17) is 0 Å². The van der Waals surface area contributed by atoms with Crippen LogP contribution < -0.4 is 10.2 Å². The van der Waals surface area contributed by atoms with E-state index in [2.05, 4.69) is 64.3 Å². The molecule has 18 heavy (non-hydrogen) atoms. The number of hydrogen-bond donors (Lipinski definition) is 1. The fourth-order valence-corrected chi connectivity index (χ4v) is 3.07. The van der Waals surface area contributed by atoms with Gasteiger partial charge in [0.25, 0.3) is 0 Å². The maximum Gasteiger partial charge on any atom is 0.0377 e. The number of halogens is 1. The molecule has 2 nitrogen and oxygen atoms in total. The summed E-state index contributed by atoms with van der Waals surface area (Å²) in [6.45, 7) is 8.04. The standard InChI is InChI=1S/C15H23BrN2/c1-3-8-17-15-7-9-18(11-12(15)2)14-6-4-5-13(16)10-14/h4-6,10,12,15,17H,3,7-9,11H2,1-2H3. The molecular weight excluding hydrogens is 288 g/mol. The Morgan fingerprint density at radius 3 is 2.94 bits per heavy atom. The zero-order chi connectivity index (χ0) is 13.0. The van der Waals surface area contributed by atoms with Crippen LogP contribution in [-0.2, 0) is 0 Å². The van der Waals surface area contributed by atoms with Crippen molar-refractivity contribution in [3.8, 4) is 0 Å². The summed E-state index contributed by atoms with van der Waals surface area (Å²) in [6, 6.07) is 9.31. The van der Waals surface area contributed by atoms with Gasteiger partial charge in [-0.15, -0.1) is 0 Å². The SMILES string of the molecule is CCCNC1CCN(c2cccc(Br)c2)CC1C. The van der Waals surface area contributed by atoms with Gasteiger partial charge in [-0.1, -0.05) is 35.8 Å². The van der Waals surface area contributed by atoms with Gasteiger partial charge in [-0.25, -0.2) is 0 Å². The van der Waals surface area contributed by atoms with E-state index in [-0.39, 0.29) is 0 Å². The molecule has 1 saturated heterocycles. The highest BCUT2D eigenvalue weighted by molar-refractivity contribution is 9.10.